The van der Waals surface area contributed by atoms with Crippen molar-refractivity contribution in [3.63, 3.8) is 0 Å². The number of carbonyl (C=O) groups is 1. The molecule has 0 unspecified atom stereocenters. The first-order chi connectivity index (χ1) is 6.74. The average molecular weight is 272 g/mol. The summed E-state index contributed by atoms with van der Waals surface area (Å²) in [6.45, 7) is 0. The topological polar surface area (TPSA) is 39.2 Å². The predicted molar refractivity (Wildman–Crippen MR) is 58.7 cm³/mol. The highest BCUT2D eigenvalue weighted by Gasteiger charge is 2.16. The second-order valence-corrected chi connectivity index (χ2v) is 4.45. The first kappa shape index (κ1) is 9.61. The summed E-state index contributed by atoms with van der Waals surface area (Å²) >= 11 is 4.75. The molecular formula is C9H6BrNO2S. The number of thiophene rings is 1. The summed E-state index contributed by atoms with van der Waals surface area (Å²) in [6, 6.07) is 1.86. The normalized spacial score (nSPS) is 10.4. The molecule has 72 valence electrons. The molecule has 0 fully saturated rings. The van der Waals surface area contributed by atoms with Crippen LogP contribution in [0, 0.1) is 0 Å². The molecule has 14 heavy (non-hydrogen) atoms. The van der Waals surface area contributed by atoms with Crippen LogP contribution in [-0.4, -0.2) is 18.1 Å². The van der Waals surface area contributed by atoms with Gasteiger partial charge in [-0.15, -0.1) is 11.3 Å². The summed E-state index contributed by atoms with van der Waals surface area (Å²) in [7, 11) is 1.37. The Kier molecular flexibility index (Phi) is 2.52. The first-order valence-electron chi connectivity index (χ1n) is 3.84. The van der Waals surface area contributed by atoms with Gasteiger partial charge in [-0.25, -0.2) is 4.79 Å². The number of rotatable bonds is 1. The van der Waals surface area contributed by atoms with E-state index in [0.717, 1.165) is 14.6 Å². The van der Waals surface area contributed by atoms with E-state index in [4.69, 9.17) is 0 Å². The van der Waals surface area contributed by atoms with Crippen LogP contribution in [0.2, 0.25) is 0 Å². The van der Waals surface area contributed by atoms with E-state index in [0.29, 0.717) is 4.88 Å². The van der Waals surface area contributed by atoms with Crippen LogP contribution in [0.5, 0.6) is 0 Å². The molecule has 0 spiro atoms. The zero-order valence-electron chi connectivity index (χ0n) is 7.28. The van der Waals surface area contributed by atoms with Gasteiger partial charge in [-0.3, -0.25) is 4.98 Å². The van der Waals surface area contributed by atoms with Crippen LogP contribution >= 0.6 is 27.3 Å². The number of pyridine rings is 1. The second-order valence-electron chi connectivity index (χ2n) is 2.61. The fraction of sp³-hybridized carbons (Fsp3) is 0.111. The van der Waals surface area contributed by atoms with Gasteiger partial charge in [0.1, 0.15) is 4.88 Å². The Bertz CT molecular complexity index is 495. The van der Waals surface area contributed by atoms with E-state index >= 15 is 0 Å². The molecule has 0 aromatic carbocycles. The molecule has 2 aromatic heterocycles. The number of halogens is 1. The fourth-order valence-electron chi connectivity index (χ4n) is 1.14. The molecule has 0 radical (unpaired) electrons. The Labute approximate surface area is 92.8 Å². The van der Waals surface area contributed by atoms with Crippen LogP contribution in [0.3, 0.4) is 0 Å². The van der Waals surface area contributed by atoms with Crippen molar-refractivity contribution in [2.24, 2.45) is 0 Å². The summed E-state index contributed by atoms with van der Waals surface area (Å²) < 4.78 is 6.42. The Hall–Kier alpha value is -0.940. The zero-order valence-corrected chi connectivity index (χ0v) is 9.68. The molecule has 0 aliphatic carbocycles. The quantitative estimate of drug-likeness (QED) is 0.749. The Balaban J connectivity index is 2.68. The number of methoxy groups -OCH3 is 1. The smallest absolute Gasteiger partial charge is 0.349 e. The van der Waals surface area contributed by atoms with Gasteiger partial charge in [-0.1, -0.05) is 0 Å². The van der Waals surface area contributed by atoms with E-state index in [1.165, 1.54) is 18.4 Å². The number of esters is 1. The van der Waals surface area contributed by atoms with Gasteiger partial charge in [0.05, 0.1) is 16.3 Å². The Morgan fingerprint density at radius 1 is 1.64 bits per heavy atom. The summed E-state index contributed by atoms with van der Waals surface area (Å²) in [5.41, 5.74) is 0. The first-order valence-corrected chi connectivity index (χ1v) is 5.45. The van der Waals surface area contributed by atoms with Crippen LogP contribution in [0.4, 0.5) is 0 Å². The molecule has 0 saturated carbocycles. The van der Waals surface area contributed by atoms with Gasteiger partial charge in [-0.05, 0) is 22.0 Å². The van der Waals surface area contributed by atoms with Gasteiger partial charge >= 0.3 is 5.97 Å². The van der Waals surface area contributed by atoms with Gasteiger partial charge in [0.25, 0.3) is 0 Å². The number of hydrogen-bond donors (Lipinski definition) is 0. The van der Waals surface area contributed by atoms with E-state index < -0.39 is 0 Å². The van der Waals surface area contributed by atoms with Gasteiger partial charge in [0.15, 0.2) is 0 Å². The highest BCUT2D eigenvalue weighted by Crippen LogP contribution is 2.35. The molecule has 0 bridgehead atoms. The van der Waals surface area contributed by atoms with Crippen LogP contribution in [0.25, 0.3) is 10.1 Å². The molecule has 0 N–H and O–H groups in total. The summed E-state index contributed by atoms with van der Waals surface area (Å²) in [5, 5.41) is 0.991. The molecule has 0 aliphatic rings. The number of hydrogen-bond acceptors (Lipinski definition) is 4. The SMILES string of the molecule is COC(=O)c1sc2cnccc2c1Br. The van der Waals surface area contributed by atoms with E-state index in [2.05, 4.69) is 25.7 Å². The van der Waals surface area contributed by atoms with E-state index in [1.807, 2.05) is 6.07 Å². The monoisotopic (exact) mass is 271 g/mol. The molecule has 2 rings (SSSR count). The number of ether oxygens (including phenoxy) is 1. The largest absolute Gasteiger partial charge is 0.465 e. The van der Waals surface area contributed by atoms with Crippen molar-refractivity contribution in [2.45, 2.75) is 0 Å². The number of carbonyl (C=O) groups excluding carboxylic acids is 1. The van der Waals surface area contributed by atoms with Crippen molar-refractivity contribution in [2.75, 3.05) is 7.11 Å². The molecule has 3 nitrogen and oxygen atoms in total. The maximum atomic E-state index is 11.3. The molecule has 0 atom stereocenters. The van der Waals surface area contributed by atoms with Crippen molar-refractivity contribution < 1.29 is 9.53 Å². The summed E-state index contributed by atoms with van der Waals surface area (Å²) in [6.07, 6.45) is 3.43. The number of aromatic nitrogens is 1. The summed E-state index contributed by atoms with van der Waals surface area (Å²) in [5.74, 6) is -0.321. The third kappa shape index (κ3) is 1.42. The van der Waals surface area contributed by atoms with Crippen molar-refractivity contribution in [1.82, 2.24) is 4.98 Å². The van der Waals surface area contributed by atoms with Crippen molar-refractivity contribution in [1.29, 1.82) is 0 Å². The van der Waals surface area contributed by atoms with Crippen LogP contribution in [0.15, 0.2) is 22.9 Å². The third-order valence-corrected chi connectivity index (χ3v) is 4.01. The van der Waals surface area contributed by atoms with Gasteiger partial charge in [0.2, 0.25) is 0 Å². The standard InChI is InChI=1S/C9H6BrNO2S/c1-13-9(12)8-7(10)5-2-3-11-4-6(5)14-8/h2-4H,1H3. The second kappa shape index (κ2) is 3.67. The van der Waals surface area contributed by atoms with Gasteiger partial charge < -0.3 is 4.74 Å². The lowest BCUT2D eigenvalue weighted by atomic mass is 10.3. The maximum Gasteiger partial charge on any atom is 0.349 e. The number of fused-ring (bicyclic) bond motifs is 1. The van der Waals surface area contributed by atoms with Crippen LogP contribution < -0.4 is 0 Å². The van der Waals surface area contributed by atoms with Crippen molar-refractivity contribution in [3.05, 3.63) is 27.8 Å². The van der Waals surface area contributed by atoms with Gasteiger partial charge in [0, 0.05) is 17.8 Å². The number of nitrogens with zero attached hydrogens (tertiary/aromatic N) is 1. The minimum absolute atomic E-state index is 0.321. The summed E-state index contributed by atoms with van der Waals surface area (Å²) in [4.78, 5) is 15.9. The minimum atomic E-state index is -0.321. The molecule has 0 aliphatic heterocycles. The van der Waals surface area contributed by atoms with E-state index in [-0.39, 0.29) is 5.97 Å². The third-order valence-electron chi connectivity index (χ3n) is 1.80. The lowest BCUT2D eigenvalue weighted by molar-refractivity contribution is 0.0605. The molecule has 0 amide bonds. The molecule has 0 saturated heterocycles. The maximum absolute atomic E-state index is 11.3. The average Bonchev–Trinajstić information content (AvgIpc) is 2.56. The Morgan fingerprint density at radius 2 is 2.43 bits per heavy atom. The van der Waals surface area contributed by atoms with Crippen molar-refractivity contribution in [3.8, 4) is 0 Å². The Morgan fingerprint density at radius 3 is 3.07 bits per heavy atom. The van der Waals surface area contributed by atoms with Crippen molar-refractivity contribution >= 4 is 43.3 Å². The molecule has 2 aromatic rings. The molecule has 5 heteroatoms. The minimum Gasteiger partial charge on any atom is -0.465 e. The lowest BCUT2D eigenvalue weighted by Crippen LogP contribution is -1.98. The zero-order chi connectivity index (χ0) is 10.1. The van der Waals surface area contributed by atoms with Gasteiger partial charge in [-0.2, -0.15) is 0 Å². The van der Waals surface area contributed by atoms with Crippen LogP contribution in [0.1, 0.15) is 9.67 Å². The molecule has 2 heterocycles. The lowest BCUT2D eigenvalue weighted by Gasteiger charge is -1.94. The van der Waals surface area contributed by atoms with Crippen LogP contribution in [-0.2, 0) is 4.74 Å². The van der Waals surface area contributed by atoms with E-state index in [1.54, 1.807) is 12.4 Å². The van der Waals surface area contributed by atoms with E-state index in [9.17, 15) is 4.79 Å². The predicted octanol–water partition coefficient (Wildman–Crippen LogP) is 2.85. The molecular weight excluding hydrogens is 266 g/mol. The highest BCUT2D eigenvalue weighted by molar-refractivity contribution is 9.10. The highest BCUT2D eigenvalue weighted by atomic mass is 79.9. The fourth-order valence-corrected chi connectivity index (χ4v) is 3.01.